The van der Waals surface area contributed by atoms with Crippen molar-refractivity contribution in [2.75, 3.05) is 5.32 Å². The van der Waals surface area contributed by atoms with Gasteiger partial charge in [-0.05, 0) is 65.3 Å². The van der Waals surface area contributed by atoms with Crippen LogP contribution in [0.2, 0.25) is 0 Å². The third kappa shape index (κ3) is 3.56. The number of carbonyl (C=O) groups is 1. The van der Waals surface area contributed by atoms with Crippen molar-refractivity contribution in [3.8, 4) is 5.69 Å². The van der Waals surface area contributed by atoms with Crippen LogP contribution in [0.3, 0.4) is 0 Å². The zero-order valence-corrected chi connectivity index (χ0v) is 16.9. The summed E-state index contributed by atoms with van der Waals surface area (Å²) in [6, 6.07) is 18.0. The molecule has 0 fully saturated rings. The zero-order chi connectivity index (χ0) is 20.5. The average Bonchev–Trinajstić information content (AvgIpc) is 2.70. The molecule has 0 radical (unpaired) electrons. The normalized spacial score (nSPS) is 10.9. The summed E-state index contributed by atoms with van der Waals surface area (Å²) in [6.07, 6.45) is 0. The molecule has 1 amide bonds. The summed E-state index contributed by atoms with van der Waals surface area (Å²) in [7, 11) is 0. The third-order valence-electron chi connectivity index (χ3n) is 4.52. The monoisotopic (exact) mass is 451 g/mol. The van der Waals surface area contributed by atoms with Crippen LogP contribution in [0.5, 0.6) is 0 Å². The number of anilines is 1. The molecule has 0 saturated heterocycles. The smallest absolute Gasteiger partial charge is 0.265 e. The first kappa shape index (κ1) is 19.0. The van der Waals surface area contributed by atoms with Crippen LogP contribution in [0.25, 0.3) is 16.6 Å². The van der Waals surface area contributed by atoms with Crippen LogP contribution >= 0.6 is 15.9 Å². The summed E-state index contributed by atoms with van der Waals surface area (Å²) in [4.78, 5) is 30.0. The lowest BCUT2D eigenvalue weighted by Gasteiger charge is -2.13. The first-order valence-electron chi connectivity index (χ1n) is 8.80. The molecule has 1 N–H and O–H groups in total. The van der Waals surface area contributed by atoms with Gasteiger partial charge in [0.2, 0.25) is 0 Å². The Morgan fingerprint density at radius 3 is 2.59 bits per heavy atom. The number of hydrogen-bond donors (Lipinski definition) is 1. The number of amides is 1. The Morgan fingerprint density at radius 1 is 1.07 bits per heavy atom. The second-order valence-corrected chi connectivity index (χ2v) is 7.27. The van der Waals surface area contributed by atoms with E-state index < -0.39 is 11.7 Å². The van der Waals surface area contributed by atoms with Gasteiger partial charge in [-0.2, -0.15) is 0 Å². The fourth-order valence-electron chi connectivity index (χ4n) is 3.13. The Labute approximate surface area is 174 Å². The first-order chi connectivity index (χ1) is 14.0. The van der Waals surface area contributed by atoms with E-state index in [0.717, 1.165) is 0 Å². The lowest BCUT2D eigenvalue weighted by Crippen LogP contribution is -2.22. The maximum Gasteiger partial charge on any atom is 0.265 e. The van der Waals surface area contributed by atoms with E-state index in [0.29, 0.717) is 32.5 Å². The molecule has 0 saturated carbocycles. The van der Waals surface area contributed by atoms with Gasteiger partial charge >= 0.3 is 0 Å². The number of aromatic nitrogens is 2. The Balaban J connectivity index is 1.78. The molecule has 0 atom stereocenters. The number of carbonyl (C=O) groups excluding carboxylic acids is 1. The fraction of sp³-hybridized carbons (Fsp3) is 0.0455. The van der Waals surface area contributed by atoms with Crippen molar-refractivity contribution in [3.05, 3.63) is 98.8 Å². The van der Waals surface area contributed by atoms with Crippen LogP contribution in [0.4, 0.5) is 10.1 Å². The van der Waals surface area contributed by atoms with Gasteiger partial charge in [-0.3, -0.25) is 14.2 Å². The van der Waals surface area contributed by atoms with Gasteiger partial charge in [0.1, 0.15) is 11.6 Å². The van der Waals surface area contributed by atoms with Crippen molar-refractivity contribution < 1.29 is 9.18 Å². The second kappa shape index (κ2) is 7.60. The largest absolute Gasteiger partial charge is 0.319 e. The van der Waals surface area contributed by atoms with Crippen molar-refractivity contribution >= 4 is 38.4 Å². The first-order valence-corrected chi connectivity index (χ1v) is 9.59. The van der Waals surface area contributed by atoms with Crippen LogP contribution in [-0.2, 0) is 0 Å². The molecule has 7 heteroatoms. The standard InChI is InChI=1S/C22H15BrFN3O2/c1-13-25-19-9-5-3-7-16(19)22(29)27(13)14-10-11-18(24)20(12-14)26-21(28)15-6-2-4-8-17(15)23/h2-12H,1H3,(H,26,28). The van der Waals surface area contributed by atoms with E-state index in [-0.39, 0.29) is 11.2 Å². The number of benzene rings is 3. The quantitative estimate of drug-likeness (QED) is 0.484. The van der Waals surface area contributed by atoms with Crippen molar-refractivity contribution in [2.24, 2.45) is 0 Å². The number of halogens is 2. The van der Waals surface area contributed by atoms with E-state index >= 15 is 0 Å². The fourth-order valence-corrected chi connectivity index (χ4v) is 3.60. The number of hydrogen-bond acceptors (Lipinski definition) is 3. The molecule has 0 bridgehead atoms. The molecule has 0 aliphatic rings. The number of nitrogens with one attached hydrogen (secondary N) is 1. The number of rotatable bonds is 3. The van der Waals surface area contributed by atoms with Crippen molar-refractivity contribution in [1.29, 1.82) is 0 Å². The van der Waals surface area contributed by atoms with Gasteiger partial charge in [0.15, 0.2) is 0 Å². The zero-order valence-electron chi connectivity index (χ0n) is 15.3. The van der Waals surface area contributed by atoms with Crippen LogP contribution in [-0.4, -0.2) is 15.5 Å². The molecule has 29 heavy (non-hydrogen) atoms. The van der Waals surface area contributed by atoms with Crippen LogP contribution in [0.1, 0.15) is 16.2 Å². The van der Waals surface area contributed by atoms with Gasteiger partial charge in [-0.1, -0.05) is 24.3 Å². The number of para-hydroxylation sites is 1. The van der Waals surface area contributed by atoms with Gasteiger partial charge in [0.25, 0.3) is 11.5 Å². The topological polar surface area (TPSA) is 64.0 Å². The van der Waals surface area contributed by atoms with E-state index in [1.165, 1.54) is 22.8 Å². The molecule has 4 rings (SSSR count). The highest BCUT2D eigenvalue weighted by atomic mass is 79.9. The SMILES string of the molecule is Cc1nc2ccccc2c(=O)n1-c1ccc(F)c(NC(=O)c2ccccc2Br)c1. The highest BCUT2D eigenvalue weighted by molar-refractivity contribution is 9.10. The van der Waals surface area contributed by atoms with Crippen molar-refractivity contribution in [3.63, 3.8) is 0 Å². The molecule has 0 aliphatic heterocycles. The molecule has 0 aliphatic carbocycles. The van der Waals surface area contributed by atoms with Gasteiger partial charge in [0, 0.05) is 4.47 Å². The molecular weight excluding hydrogens is 437 g/mol. The minimum Gasteiger partial charge on any atom is -0.319 e. The summed E-state index contributed by atoms with van der Waals surface area (Å²) in [5.74, 6) is -0.605. The highest BCUT2D eigenvalue weighted by Crippen LogP contribution is 2.22. The predicted molar refractivity (Wildman–Crippen MR) is 114 cm³/mol. The van der Waals surface area contributed by atoms with Gasteiger partial charge in [-0.15, -0.1) is 0 Å². The molecular formula is C22H15BrFN3O2. The van der Waals surface area contributed by atoms with Gasteiger partial charge in [0.05, 0.1) is 27.8 Å². The number of nitrogens with zero attached hydrogens (tertiary/aromatic N) is 2. The molecule has 1 aromatic heterocycles. The van der Waals surface area contributed by atoms with E-state index in [9.17, 15) is 14.0 Å². The predicted octanol–water partition coefficient (Wildman–Crippen LogP) is 4.85. The lowest BCUT2D eigenvalue weighted by molar-refractivity contribution is 0.102. The Kier molecular flexibility index (Phi) is 4.98. The average molecular weight is 452 g/mol. The Bertz CT molecular complexity index is 1320. The van der Waals surface area contributed by atoms with Crippen LogP contribution in [0, 0.1) is 12.7 Å². The maximum absolute atomic E-state index is 14.4. The Hall–Kier alpha value is -3.32. The molecule has 4 aromatic rings. The highest BCUT2D eigenvalue weighted by Gasteiger charge is 2.15. The van der Waals surface area contributed by atoms with Gasteiger partial charge < -0.3 is 5.32 Å². The van der Waals surface area contributed by atoms with Crippen molar-refractivity contribution in [2.45, 2.75) is 6.92 Å². The summed E-state index contributed by atoms with van der Waals surface area (Å²) in [5, 5.41) is 3.03. The minimum absolute atomic E-state index is 0.0253. The third-order valence-corrected chi connectivity index (χ3v) is 5.21. The Morgan fingerprint density at radius 2 is 1.79 bits per heavy atom. The maximum atomic E-state index is 14.4. The lowest BCUT2D eigenvalue weighted by atomic mass is 10.2. The molecule has 0 unspecified atom stereocenters. The van der Waals surface area contributed by atoms with Crippen molar-refractivity contribution in [1.82, 2.24) is 9.55 Å². The molecule has 144 valence electrons. The molecule has 1 heterocycles. The summed E-state index contributed by atoms with van der Waals surface area (Å²) < 4.78 is 16.4. The van der Waals surface area contributed by atoms with E-state index in [4.69, 9.17) is 0 Å². The summed E-state index contributed by atoms with van der Waals surface area (Å²) in [6.45, 7) is 1.70. The second-order valence-electron chi connectivity index (χ2n) is 6.41. The van der Waals surface area contributed by atoms with E-state index in [1.807, 2.05) is 6.07 Å². The minimum atomic E-state index is -0.603. The van der Waals surface area contributed by atoms with E-state index in [2.05, 4.69) is 26.2 Å². The summed E-state index contributed by atoms with van der Waals surface area (Å²) in [5.41, 5.74) is 1.09. The molecule has 0 spiro atoms. The molecule has 3 aromatic carbocycles. The molecule has 5 nitrogen and oxygen atoms in total. The van der Waals surface area contributed by atoms with E-state index in [1.54, 1.807) is 49.4 Å². The van der Waals surface area contributed by atoms with Crippen LogP contribution in [0.15, 0.2) is 76.0 Å². The number of fused-ring (bicyclic) bond motifs is 1. The number of aryl methyl sites for hydroxylation is 1. The van der Waals surface area contributed by atoms with Gasteiger partial charge in [-0.25, -0.2) is 9.37 Å². The van der Waals surface area contributed by atoms with Crippen LogP contribution < -0.4 is 10.9 Å². The summed E-state index contributed by atoms with van der Waals surface area (Å²) >= 11 is 3.31.